The molecule has 88 valence electrons. The van der Waals surface area contributed by atoms with Gasteiger partial charge in [-0.25, -0.2) is 0 Å². The van der Waals surface area contributed by atoms with Gasteiger partial charge in [0.25, 0.3) is 0 Å². The van der Waals surface area contributed by atoms with Crippen molar-refractivity contribution >= 4 is 11.3 Å². The minimum absolute atomic E-state index is 0.838. The molecule has 0 atom stereocenters. The van der Waals surface area contributed by atoms with Crippen LogP contribution in [0.25, 0.3) is 11.3 Å². The smallest absolute Gasteiger partial charge is 0.0642 e. The van der Waals surface area contributed by atoms with E-state index in [2.05, 4.69) is 48.2 Å². The van der Waals surface area contributed by atoms with Crippen molar-refractivity contribution in [2.24, 2.45) is 0 Å². The van der Waals surface area contributed by atoms with Crippen molar-refractivity contribution in [1.29, 1.82) is 0 Å². The molecule has 0 N–H and O–H groups in total. The summed E-state index contributed by atoms with van der Waals surface area (Å²) in [4.78, 5) is 2.43. The van der Waals surface area contributed by atoms with Crippen molar-refractivity contribution in [1.82, 2.24) is 4.90 Å². The van der Waals surface area contributed by atoms with E-state index in [0.717, 1.165) is 26.3 Å². The highest BCUT2D eigenvalue weighted by molar-refractivity contribution is 5.94. The standard InChI is InChI=1S/C15H17NO/c1-2-12-11-15(16-7-9-17-10-8-16)14-6-4-3-5-13(12)14/h2-6,11H,7-10H2,1H3/b12-2+. The van der Waals surface area contributed by atoms with Gasteiger partial charge in [0, 0.05) is 24.4 Å². The Morgan fingerprint density at radius 1 is 1.12 bits per heavy atom. The summed E-state index contributed by atoms with van der Waals surface area (Å²) in [5, 5.41) is 0. The fraction of sp³-hybridized carbons (Fsp3) is 0.333. The van der Waals surface area contributed by atoms with Crippen LogP contribution in [0.3, 0.4) is 0 Å². The highest BCUT2D eigenvalue weighted by Crippen LogP contribution is 2.36. The van der Waals surface area contributed by atoms with Crippen molar-refractivity contribution in [3.05, 3.63) is 47.5 Å². The Hall–Kier alpha value is -1.54. The molecule has 2 aliphatic rings. The molecule has 1 fully saturated rings. The molecule has 3 rings (SSSR count). The van der Waals surface area contributed by atoms with Gasteiger partial charge in [0.1, 0.15) is 0 Å². The van der Waals surface area contributed by atoms with E-state index in [0.29, 0.717) is 0 Å². The first-order chi connectivity index (χ1) is 8.40. The van der Waals surface area contributed by atoms with Crippen LogP contribution in [0.5, 0.6) is 0 Å². The molecule has 0 amide bonds. The molecule has 0 spiro atoms. The second-order valence-corrected chi connectivity index (χ2v) is 4.42. The van der Waals surface area contributed by atoms with Crippen LogP contribution in [0.1, 0.15) is 18.1 Å². The monoisotopic (exact) mass is 227 g/mol. The molecule has 0 radical (unpaired) electrons. The lowest BCUT2D eigenvalue weighted by Crippen LogP contribution is -2.34. The third-order valence-electron chi connectivity index (χ3n) is 3.47. The average molecular weight is 227 g/mol. The molecule has 0 saturated carbocycles. The molecule has 1 aromatic rings. The Labute approximate surface area is 102 Å². The van der Waals surface area contributed by atoms with E-state index in [1.54, 1.807) is 0 Å². The van der Waals surface area contributed by atoms with Gasteiger partial charge in [0.05, 0.1) is 13.2 Å². The number of hydrogen-bond donors (Lipinski definition) is 0. The lowest BCUT2D eigenvalue weighted by atomic mass is 10.1. The first kappa shape index (κ1) is 10.6. The molecule has 1 aliphatic carbocycles. The van der Waals surface area contributed by atoms with Crippen LogP contribution >= 0.6 is 0 Å². The van der Waals surface area contributed by atoms with Crippen LogP contribution in [-0.4, -0.2) is 31.2 Å². The van der Waals surface area contributed by atoms with Crippen LogP contribution < -0.4 is 0 Å². The zero-order chi connectivity index (χ0) is 11.7. The van der Waals surface area contributed by atoms with Crippen molar-refractivity contribution in [2.75, 3.05) is 26.3 Å². The van der Waals surface area contributed by atoms with Gasteiger partial charge in [0.2, 0.25) is 0 Å². The number of benzene rings is 1. The maximum atomic E-state index is 5.42. The molecule has 1 saturated heterocycles. The van der Waals surface area contributed by atoms with Gasteiger partial charge in [-0.3, -0.25) is 0 Å². The van der Waals surface area contributed by atoms with Crippen molar-refractivity contribution in [2.45, 2.75) is 6.92 Å². The zero-order valence-corrected chi connectivity index (χ0v) is 10.1. The van der Waals surface area contributed by atoms with Crippen LogP contribution in [0, 0.1) is 0 Å². The second-order valence-electron chi connectivity index (χ2n) is 4.42. The summed E-state index contributed by atoms with van der Waals surface area (Å²) in [6.07, 6.45) is 4.49. The van der Waals surface area contributed by atoms with Crippen LogP contribution in [0.2, 0.25) is 0 Å². The van der Waals surface area contributed by atoms with E-state index in [1.807, 2.05) is 0 Å². The number of hydrogen-bond acceptors (Lipinski definition) is 2. The van der Waals surface area contributed by atoms with Gasteiger partial charge in [-0.2, -0.15) is 0 Å². The predicted octanol–water partition coefficient (Wildman–Crippen LogP) is 2.78. The SMILES string of the molecule is C/C=C1\C=C(N2CCOCC2)c2ccccc21. The molecule has 1 heterocycles. The first-order valence-corrected chi connectivity index (χ1v) is 6.20. The summed E-state index contributed by atoms with van der Waals surface area (Å²) in [5.74, 6) is 0. The van der Waals surface area contributed by atoms with Gasteiger partial charge in [0.15, 0.2) is 0 Å². The fourth-order valence-corrected chi connectivity index (χ4v) is 2.57. The Balaban J connectivity index is 2.00. The highest BCUT2D eigenvalue weighted by Gasteiger charge is 2.23. The fourth-order valence-electron chi connectivity index (χ4n) is 2.57. The van der Waals surface area contributed by atoms with E-state index < -0.39 is 0 Å². The average Bonchev–Trinajstić information content (AvgIpc) is 2.78. The molecule has 2 nitrogen and oxygen atoms in total. The van der Waals surface area contributed by atoms with Crippen molar-refractivity contribution in [3.63, 3.8) is 0 Å². The maximum Gasteiger partial charge on any atom is 0.0642 e. The van der Waals surface area contributed by atoms with Crippen LogP contribution in [-0.2, 0) is 4.74 Å². The maximum absolute atomic E-state index is 5.42. The van der Waals surface area contributed by atoms with E-state index in [-0.39, 0.29) is 0 Å². The molecule has 1 aromatic carbocycles. The van der Waals surface area contributed by atoms with Crippen LogP contribution in [0.15, 0.2) is 36.4 Å². The summed E-state index contributed by atoms with van der Waals surface area (Å²) < 4.78 is 5.42. The van der Waals surface area contributed by atoms with Gasteiger partial charge >= 0.3 is 0 Å². The molecule has 0 bridgehead atoms. The topological polar surface area (TPSA) is 12.5 Å². The van der Waals surface area contributed by atoms with Gasteiger partial charge in [-0.1, -0.05) is 30.3 Å². The molecule has 0 unspecified atom stereocenters. The van der Waals surface area contributed by atoms with Crippen LogP contribution in [0.4, 0.5) is 0 Å². The second kappa shape index (κ2) is 4.38. The summed E-state index contributed by atoms with van der Waals surface area (Å²) in [5.41, 5.74) is 5.41. The summed E-state index contributed by atoms with van der Waals surface area (Å²) in [7, 11) is 0. The molecular weight excluding hydrogens is 210 g/mol. The van der Waals surface area contributed by atoms with Gasteiger partial charge in [-0.15, -0.1) is 0 Å². The minimum Gasteiger partial charge on any atom is -0.378 e. The highest BCUT2D eigenvalue weighted by atomic mass is 16.5. The molecule has 0 aromatic heterocycles. The molecule has 1 aliphatic heterocycles. The number of morpholine rings is 1. The van der Waals surface area contributed by atoms with E-state index in [4.69, 9.17) is 4.74 Å². The molecule has 2 heteroatoms. The minimum atomic E-state index is 0.838. The van der Waals surface area contributed by atoms with E-state index in [9.17, 15) is 0 Å². The first-order valence-electron chi connectivity index (χ1n) is 6.20. The Bertz CT molecular complexity index is 481. The number of fused-ring (bicyclic) bond motifs is 1. The predicted molar refractivity (Wildman–Crippen MR) is 70.5 cm³/mol. The zero-order valence-electron chi connectivity index (χ0n) is 10.1. The number of nitrogens with zero attached hydrogens (tertiary/aromatic N) is 1. The normalized spacial score (nSPS) is 21.6. The largest absolute Gasteiger partial charge is 0.378 e. The molecular formula is C15H17NO. The third-order valence-corrected chi connectivity index (χ3v) is 3.47. The lowest BCUT2D eigenvalue weighted by molar-refractivity contribution is 0.0640. The summed E-state index contributed by atoms with van der Waals surface area (Å²) in [6, 6.07) is 8.64. The Kier molecular flexibility index (Phi) is 2.73. The van der Waals surface area contributed by atoms with Gasteiger partial charge in [-0.05, 0) is 24.1 Å². The number of ether oxygens (including phenoxy) is 1. The van der Waals surface area contributed by atoms with E-state index >= 15 is 0 Å². The number of rotatable bonds is 1. The summed E-state index contributed by atoms with van der Waals surface area (Å²) >= 11 is 0. The van der Waals surface area contributed by atoms with Crippen molar-refractivity contribution < 1.29 is 4.74 Å². The van der Waals surface area contributed by atoms with Gasteiger partial charge < -0.3 is 9.64 Å². The Morgan fingerprint density at radius 2 is 1.82 bits per heavy atom. The third kappa shape index (κ3) is 1.79. The molecule has 17 heavy (non-hydrogen) atoms. The number of allylic oxidation sites excluding steroid dienone is 3. The van der Waals surface area contributed by atoms with E-state index in [1.165, 1.54) is 22.4 Å². The lowest BCUT2D eigenvalue weighted by Gasteiger charge is -2.30. The quantitative estimate of drug-likeness (QED) is 0.731. The Morgan fingerprint density at radius 3 is 2.53 bits per heavy atom. The van der Waals surface area contributed by atoms with Crippen molar-refractivity contribution in [3.8, 4) is 0 Å². The summed E-state index contributed by atoms with van der Waals surface area (Å²) in [6.45, 7) is 5.77.